The number of fused-ring (bicyclic) bond motifs is 12. The summed E-state index contributed by atoms with van der Waals surface area (Å²) in [4.78, 5) is 15.7. The van der Waals surface area contributed by atoms with E-state index in [4.69, 9.17) is 15.0 Å². The number of aromatic nitrogens is 3. The van der Waals surface area contributed by atoms with Gasteiger partial charge in [0.2, 0.25) is 0 Å². The van der Waals surface area contributed by atoms with E-state index < -0.39 is 0 Å². The standard InChI is InChI=1S/C55H33N3/c1-2-15-36(16-3-1)53-56-54(37-28-26-35(27-29-37)51-40-19-7-5-17-38(40)32-48-39-18-6-4-14-34(39)30-31-47(48)51)58-55(57-53)50-33-49-43-22-9-8-20-41(43)42-21-10-12-24-45(42)52(49)46-25-13-11-23-44(46)50/h1-33H. The van der Waals surface area contributed by atoms with Crippen molar-refractivity contribution in [2.24, 2.45) is 0 Å². The molecule has 12 aromatic rings. The summed E-state index contributed by atoms with van der Waals surface area (Å²) in [6, 6.07) is 71.7. The van der Waals surface area contributed by atoms with Crippen LogP contribution in [0, 0.1) is 0 Å². The van der Waals surface area contributed by atoms with Gasteiger partial charge in [0.05, 0.1) is 0 Å². The molecule has 0 saturated heterocycles. The molecule has 1 aromatic heterocycles. The largest absolute Gasteiger partial charge is 0.208 e. The summed E-state index contributed by atoms with van der Waals surface area (Å²) in [5, 5.41) is 17.1. The van der Waals surface area contributed by atoms with E-state index in [0.29, 0.717) is 17.5 Å². The zero-order valence-corrected chi connectivity index (χ0v) is 31.4. The first-order valence-corrected chi connectivity index (χ1v) is 19.8. The second kappa shape index (κ2) is 12.9. The monoisotopic (exact) mass is 735 g/mol. The molecule has 11 aromatic carbocycles. The Hall–Kier alpha value is -7.75. The van der Waals surface area contributed by atoms with Crippen molar-refractivity contribution in [3.8, 4) is 45.3 Å². The van der Waals surface area contributed by atoms with Crippen molar-refractivity contribution in [3.63, 3.8) is 0 Å². The molecular weight excluding hydrogens is 703 g/mol. The summed E-state index contributed by atoms with van der Waals surface area (Å²) in [6.45, 7) is 0. The fourth-order valence-corrected chi connectivity index (χ4v) is 9.21. The highest BCUT2D eigenvalue weighted by Gasteiger charge is 2.19. The Kier molecular flexibility index (Phi) is 7.23. The summed E-state index contributed by atoms with van der Waals surface area (Å²) >= 11 is 0. The maximum atomic E-state index is 5.31. The lowest BCUT2D eigenvalue weighted by molar-refractivity contribution is 1.08. The van der Waals surface area contributed by atoms with Gasteiger partial charge in [-0.1, -0.05) is 188 Å². The third kappa shape index (κ3) is 5.04. The second-order valence-electron chi connectivity index (χ2n) is 15.1. The zero-order valence-electron chi connectivity index (χ0n) is 31.4. The summed E-state index contributed by atoms with van der Waals surface area (Å²) in [7, 11) is 0. The topological polar surface area (TPSA) is 38.7 Å². The van der Waals surface area contributed by atoms with Crippen LogP contribution in [0.1, 0.15) is 0 Å². The molecule has 0 aliphatic rings. The van der Waals surface area contributed by atoms with Gasteiger partial charge in [0.25, 0.3) is 0 Å². The minimum absolute atomic E-state index is 0.636. The van der Waals surface area contributed by atoms with Crippen molar-refractivity contribution in [1.82, 2.24) is 15.0 Å². The molecular formula is C55H33N3. The molecule has 1 heterocycles. The van der Waals surface area contributed by atoms with E-state index in [2.05, 4.69) is 182 Å². The molecule has 0 amide bonds. The Balaban J connectivity index is 1.08. The van der Waals surface area contributed by atoms with Crippen LogP contribution < -0.4 is 0 Å². The molecule has 12 rings (SSSR count). The number of benzene rings is 11. The van der Waals surface area contributed by atoms with Crippen LogP contribution in [0.15, 0.2) is 200 Å². The Labute approximate surface area is 334 Å². The minimum Gasteiger partial charge on any atom is -0.208 e. The molecule has 0 spiro atoms. The smallest absolute Gasteiger partial charge is 0.164 e. The molecule has 0 saturated carbocycles. The first-order chi connectivity index (χ1) is 28.8. The van der Waals surface area contributed by atoms with E-state index >= 15 is 0 Å². The fraction of sp³-hybridized carbons (Fsp3) is 0. The highest BCUT2D eigenvalue weighted by atomic mass is 15.0. The molecule has 0 atom stereocenters. The van der Waals surface area contributed by atoms with Crippen LogP contribution in [0.5, 0.6) is 0 Å². The van der Waals surface area contributed by atoms with Gasteiger partial charge in [0, 0.05) is 16.7 Å². The Bertz CT molecular complexity index is 3610. The third-order valence-electron chi connectivity index (χ3n) is 11.9. The Morgan fingerprint density at radius 1 is 0.241 bits per heavy atom. The summed E-state index contributed by atoms with van der Waals surface area (Å²) in [5.74, 6) is 1.93. The highest BCUT2D eigenvalue weighted by Crippen LogP contribution is 2.43. The summed E-state index contributed by atoms with van der Waals surface area (Å²) in [6.07, 6.45) is 0. The van der Waals surface area contributed by atoms with Crippen molar-refractivity contribution in [1.29, 1.82) is 0 Å². The lowest BCUT2D eigenvalue weighted by atomic mass is 9.89. The highest BCUT2D eigenvalue weighted by molar-refractivity contribution is 6.33. The molecule has 0 N–H and O–H groups in total. The molecule has 268 valence electrons. The molecule has 0 bridgehead atoms. The predicted octanol–water partition coefficient (Wildman–Crippen LogP) is 14.6. The number of hydrogen-bond donors (Lipinski definition) is 0. The van der Waals surface area contributed by atoms with Gasteiger partial charge in [-0.3, -0.25) is 0 Å². The van der Waals surface area contributed by atoms with E-state index in [1.807, 2.05) is 18.2 Å². The maximum Gasteiger partial charge on any atom is 0.164 e. The molecule has 0 radical (unpaired) electrons. The van der Waals surface area contributed by atoms with Gasteiger partial charge in [0.15, 0.2) is 17.5 Å². The summed E-state index contributed by atoms with van der Waals surface area (Å²) < 4.78 is 0. The second-order valence-corrected chi connectivity index (χ2v) is 15.1. The van der Waals surface area contributed by atoms with Gasteiger partial charge in [0.1, 0.15) is 0 Å². The van der Waals surface area contributed by atoms with Crippen LogP contribution >= 0.6 is 0 Å². The minimum atomic E-state index is 0.636. The van der Waals surface area contributed by atoms with Gasteiger partial charge >= 0.3 is 0 Å². The van der Waals surface area contributed by atoms with Crippen molar-refractivity contribution in [2.75, 3.05) is 0 Å². The van der Waals surface area contributed by atoms with Crippen molar-refractivity contribution >= 4 is 75.4 Å². The van der Waals surface area contributed by atoms with Crippen LogP contribution in [-0.2, 0) is 0 Å². The van der Waals surface area contributed by atoms with E-state index in [9.17, 15) is 0 Å². The summed E-state index contributed by atoms with van der Waals surface area (Å²) in [5.41, 5.74) is 5.24. The van der Waals surface area contributed by atoms with Crippen LogP contribution in [0.3, 0.4) is 0 Å². The van der Waals surface area contributed by atoms with E-state index in [-0.39, 0.29) is 0 Å². The van der Waals surface area contributed by atoms with Crippen molar-refractivity contribution in [3.05, 3.63) is 200 Å². The Morgan fingerprint density at radius 3 is 1.43 bits per heavy atom. The van der Waals surface area contributed by atoms with Crippen molar-refractivity contribution in [2.45, 2.75) is 0 Å². The van der Waals surface area contributed by atoms with E-state index in [1.54, 1.807) is 0 Å². The number of nitrogens with zero attached hydrogens (tertiary/aromatic N) is 3. The van der Waals surface area contributed by atoms with Crippen LogP contribution in [-0.4, -0.2) is 15.0 Å². The average molecular weight is 736 g/mol. The SMILES string of the molecule is c1ccc(-c2nc(-c3ccc(-c4c5ccccc5cc5c4ccc4ccccc45)cc3)nc(-c3cc4c5ccccc5c5ccccc5c4c4ccccc34)n2)cc1. The van der Waals surface area contributed by atoms with Crippen molar-refractivity contribution < 1.29 is 0 Å². The van der Waals surface area contributed by atoms with Gasteiger partial charge < -0.3 is 0 Å². The quantitative estimate of drug-likeness (QED) is 0.133. The van der Waals surface area contributed by atoms with E-state index in [0.717, 1.165) is 27.6 Å². The molecule has 3 heteroatoms. The normalized spacial score (nSPS) is 11.8. The predicted molar refractivity (Wildman–Crippen MR) is 244 cm³/mol. The molecule has 58 heavy (non-hydrogen) atoms. The Morgan fingerprint density at radius 2 is 0.724 bits per heavy atom. The van der Waals surface area contributed by atoms with Gasteiger partial charge in [-0.15, -0.1) is 0 Å². The van der Waals surface area contributed by atoms with Crippen LogP contribution in [0.2, 0.25) is 0 Å². The fourth-order valence-electron chi connectivity index (χ4n) is 9.21. The molecule has 0 unspecified atom stereocenters. The number of hydrogen-bond acceptors (Lipinski definition) is 3. The molecule has 3 nitrogen and oxygen atoms in total. The van der Waals surface area contributed by atoms with Gasteiger partial charge in [-0.05, 0) is 98.7 Å². The third-order valence-corrected chi connectivity index (χ3v) is 11.9. The molecule has 0 aliphatic carbocycles. The van der Waals surface area contributed by atoms with Gasteiger partial charge in [-0.25, -0.2) is 15.0 Å². The lowest BCUT2D eigenvalue weighted by Crippen LogP contribution is -2.01. The molecule has 0 aliphatic heterocycles. The first kappa shape index (κ1) is 32.5. The maximum absolute atomic E-state index is 5.31. The van der Waals surface area contributed by atoms with Gasteiger partial charge in [-0.2, -0.15) is 0 Å². The van der Waals surface area contributed by atoms with Crippen LogP contribution in [0.4, 0.5) is 0 Å². The first-order valence-electron chi connectivity index (χ1n) is 19.8. The lowest BCUT2D eigenvalue weighted by Gasteiger charge is -2.16. The van der Waals surface area contributed by atoms with E-state index in [1.165, 1.54) is 75.6 Å². The molecule has 0 fully saturated rings. The van der Waals surface area contributed by atoms with Crippen LogP contribution in [0.25, 0.3) is 121 Å². The number of rotatable bonds is 4. The zero-order chi connectivity index (χ0) is 38.2. The average Bonchev–Trinajstić information content (AvgIpc) is 3.30.